The van der Waals surface area contributed by atoms with Crippen LogP contribution in [0.2, 0.25) is 0 Å². The molecule has 0 saturated carbocycles. The minimum Gasteiger partial charge on any atom is -0.449 e. The van der Waals surface area contributed by atoms with Crippen molar-refractivity contribution >= 4 is 29.6 Å². The molecule has 1 aliphatic rings. The molecule has 1 amide bonds. The first kappa shape index (κ1) is 24.2. The van der Waals surface area contributed by atoms with E-state index in [1.165, 1.54) is 5.56 Å². The van der Waals surface area contributed by atoms with Gasteiger partial charge in [-0.2, -0.15) is 5.10 Å². The summed E-state index contributed by atoms with van der Waals surface area (Å²) in [5, 5.41) is 7.06. The Bertz CT molecular complexity index is 1160. The monoisotopic (exact) mass is 474 g/mol. The smallest absolute Gasteiger partial charge is 0.411 e. The van der Waals surface area contributed by atoms with Gasteiger partial charge in [0, 0.05) is 31.3 Å². The fourth-order valence-electron chi connectivity index (χ4n) is 3.56. The molecule has 9 nitrogen and oxygen atoms in total. The number of ether oxygens (including phenoxy) is 2. The highest BCUT2D eigenvalue weighted by Gasteiger charge is 2.15. The maximum atomic E-state index is 12.1. The van der Waals surface area contributed by atoms with Gasteiger partial charge in [0.2, 0.25) is 0 Å². The van der Waals surface area contributed by atoms with Crippen molar-refractivity contribution in [3.63, 3.8) is 0 Å². The number of nitrogens with one attached hydrogen (secondary N) is 2. The quantitative estimate of drug-likeness (QED) is 0.373. The molecule has 3 aromatic rings. The molecule has 0 aliphatic carbocycles. The zero-order valence-corrected chi connectivity index (χ0v) is 20.0. The molecule has 2 aromatic carbocycles. The van der Waals surface area contributed by atoms with Crippen LogP contribution in [-0.4, -0.2) is 55.2 Å². The van der Waals surface area contributed by atoms with Crippen LogP contribution in [-0.2, 0) is 15.9 Å². The maximum absolute atomic E-state index is 12.1. The predicted octanol–water partition coefficient (Wildman–Crippen LogP) is 4.17. The second-order valence-corrected chi connectivity index (χ2v) is 8.29. The Labute approximate surface area is 205 Å². The number of carbonyl (C=O) groups is 1. The van der Waals surface area contributed by atoms with E-state index >= 15 is 0 Å². The summed E-state index contributed by atoms with van der Waals surface area (Å²) in [5.74, 6) is 1.92. The van der Waals surface area contributed by atoms with E-state index in [1.807, 2.05) is 62.4 Å². The summed E-state index contributed by atoms with van der Waals surface area (Å²) in [7, 11) is 0. The van der Waals surface area contributed by atoms with Crippen molar-refractivity contribution in [1.82, 2.24) is 9.97 Å². The number of aromatic nitrogens is 2. The van der Waals surface area contributed by atoms with Crippen LogP contribution in [0, 0.1) is 13.8 Å². The zero-order chi connectivity index (χ0) is 24.5. The van der Waals surface area contributed by atoms with E-state index in [1.54, 1.807) is 6.21 Å². The summed E-state index contributed by atoms with van der Waals surface area (Å²) in [6.45, 7) is 6.97. The first-order valence-corrected chi connectivity index (χ1v) is 11.6. The number of aryl methyl sites for hydroxylation is 2. The highest BCUT2D eigenvalue weighted by molar-refractivity contribution is 5.84. The fourth-order valence-corrected chi connectivity index (χ4v) is 3.56. The number of hydrogen-bond donors (Lipinski definition) is 2. The average molecular weight is 475 g/mol. The Morgan fingerprint density at radius 3 is 2.66 bits per heavy atom. The number of hydrazone groups is 1. The Hall–Kier alpha value is -3.98. The first-order valence-electron chi connectivity index (χ1n) is 11.6. The van der Waals surface area contributed by atoms with E-state index in [-0.39, 0.29) is 6.61 Å². The largest absolute Gasteiger partial charge is 0.449 e. The van der Waals surface area contributed by atoms with Crippen LogP contribution in [0.5, 0.6) is 0 Å². The normalized spacial score (nSPS) is 13.6. The van der Waals surface area contributed by atoms with Gasteiger partial charge < -0.3 is 14.4 Å². The van der Waals surface area contributed by atoms with Crippen LogP contribution >= 0.6 is 0 Å². The number of rotatable bonds is 8. The highest BCUT2D eigenvalue weighted by Crippen LogP contribution is 2.18. The van der Waals surface area contributed by atoms with Gasteiger partial charge in [-0.25, -0.2) is 14.8 Å². The van der Waals surface area contributed by atoms with Gasteiger partial charge in [-0.15, -0.1) is 0 Å². The van der Waals surface area contributed by atoms with Crippen LogP contribution in [0.3, 0.4) is 0 Å². The van der Waals surface area contributed by atoms with Crippen LogP contribution in [0.25, 0.3) is 0 Å². The van der Waals surface area contributed by atoms with Gasteiger partial charge in [-0.1, -0.05) is 47.5 Å². The molecule has 9 heteroatoms. The molecule has 0 atom stereocenters. The lowest BCUT2D eigenvalue weighted by molar-refractivity contribution is 0.122. The molecule has 0 spiro atoms. The van der Waals surface area contributed by atoms with Gasteiger partial charge in [0.15, 0.2) is 5.82 Å². The minimum absolute atomic E-state index is 0.149. The predicted molar refractivity (Wildman–Crippen MR) is 137 cm³/mol. The summed E-state index contributed by atoms with van der Waals surface area (Å²) < 4.78 is 10.8. The summed E-state index contributed by atoms with van der Waals surface area (Å²) in [4.78, 5) is 23.5. The number of amides is 1. The standard InChI is InChI=1S/C26H30N6O3/c1-19-6-8-22(9-7-19)28-26(33)35-13-10-23-29-24(17-25(30-23)32-11-14-34-15-12-32)31-27-18-21-5-3-4-20(2)16-21/h3-9,16-18H,10-15H2,1-2H3,(H,28,33)(H,29,30,31)/b27-18+. The molecule has 1 fully saturated rings. The number of anilines is 3. The van der Waals surface area contributed by atoms with Gasteiger partial charge >= 0.3 is 6.09 Å². The third-order valence-electron chi connectivity index (χ3n) is 5.39. The molecular formula is C26H30N6O3. The Morgan fingerprint density at radius 1 is 1.09 bits per heavy atom. The average Bonchev–Trinajstić information content (AvgIpc) is 2.86. The molecule has 2 heterocycles. The fraction of sp³-hybridized carbons (Fsp3) is 0.308. The third-order valence-corrected chi connectivity index (χ3v) is 5.39. The summed E-state index contributed by atoms with van der Waals surface area (Å²) in [5.41, 5.74) is 6.97. The van der Waals surface area contributed by atoms with Crippen molar-refractivity contribution in [2.24, 2.45) is 5.10 Å². The van der Waals surface area contributed by atoms with Gasteiger partial charge in [-0.05, 0) is 31.5 Å². The second kappa shape index (κ2) is 11.9. The lowest BCUT2D eigenvalue weighted by atomic mass is 10.2. The first-order chi connectivity index (χ1) is 17.0. The zero-order valence-electron chi connectivity index (χ0n) is 20.0. The van der Waals surface area contributed by atoms with E-state index in [0.29, 0.717) is 37.0 Å². The minimum atomic E-state index is -0.515. The van der Waals surface area contributed by atoms with E-state index in [4.69, 9.17) is 9.47 Å². The lowest BCUT2D eigenvalue weighted by Crippen LogP contribution is -2.37. The van der Waals surface area contributed by atoms with Crippen LogP contribution in [0.1, 0.15) is 22.5 Å². The summed E-state index contributed by atoms with van der Waals surface area (Å²) in [6, 6.07) is 17.5. The molecule has 0 radical (unpaired) electrons. The Kier molecular flexibility index (Phi) is 8.24. The van der Waals surface area contributed by atoms with Crippen molar-refractivity contribution in [3.8, 4) is 0 Å². The number of benzene rings is 2. The van der Waals surface area contributed by atoms with Crippen molar-refractivity contribution in [3.05, 3.63) is 77.1 Å². The number of morpholine rings is 1. The number of hydrogen-bond acceptors (Lipinski definition) is 8. The van der Waals surface area contributed by atoms with Gasteiger partial charge in [-0.3, -0.25) is 10.7 Å². The van der Waals surface area contributed by atoms with Gasteiger partial charge in [0.25, 0.3) is 0 Å². The summed E-state index contributed by atoms with van der Waals surface area (Å²) >= 11 is 0. The van der Waals surface area contributed by atoms with E-state index < -0.39 is 6.09 Å². The molecular weight excluding hydrogens is 444 g/mol. The molecule has 1 saturated heterocycles. The molecule has 182 valence electrons. The van der Waals surface area contributed by atoms with Crippen LogP contribution in [0.15, 0.2) is 59.7 Å². The summed E-state index contributed by atoms with van der Waals surface area (Å²) in [6.07, 6.45) is 1.61. The molecule has 0 bridgehead atoms. The second-order valence-electron chi connectivity index (χ2n) is 8.29. The Morgan fingerprint density at radius 2 is 1.89 bits per heavy atom. The Balaban J connectivity index is 1.40. The van der Waals surface area contributed by atoms with Gasteiger partial charge in [0.05, 0.1) is 19.4 Å². The molecule has 0 unspecified atom stereocenters. The SMILES string of the molecule is Cc1ccc(NC(=O)OCCc2nc(N/N=C/c3cccc(C)c3)cc(N3CCOCC3)n2)cc1. The van der Waals surface area contributed by atoms with Crippen molar-refractivity contribution < 1.29 is 14.3 Å². The maximum Gasteiger partial charge on any atom is 0.411 e. The topological polar surface area (TPSA) is 101 Å². The van der Waals surface area contributed by atoms with Gasteiger partial charge in [0.1, 0.15) is 18.2 Å². The van der Waals surface area contributed by atoms with Crippen molar-refractivity contribution in [2.45, 2.75) is 20.3 Å². The van der Waals surface area contributed by atoms with E-state index in [0.717, 1.165) is 30.0 Å². The molecule has 4 rings (SSSR count). The molecule has 2 N–H and O–H groups in total. The number of carbonyl (C=O) groups excluding carboxylic acids is 1. The van der Waals surface area contributed by atoms with Crippen LogP contribution in [0.4, 0.5) is 22.1 Å². The third kappa shape index (κ3) is 7.51. The molecule has 1 aromatic heterocycles. The van der Waals surface area contributed by atoms with Crippen molar-refractivity contribution in [2.75, 3.05) is 48.6 Å². The molecule has 35 heavy (non-hydrogen) atoms. The highest BCUT2D eigenvalue weighted by atomic mass is 16.5. The van der Waals surface area contributed by atoms with E-state index in [9.17, 15) is 4.79 Å². The van der Waals surface area contributed by atoms with Crippen molar-refractivity contribution in [1.29, 1.82) is 0 Å². The number of nitrogens with zero attached hydrogens (tertiary/aromatic N) is 4. The van der Waals surface area contributed by atoms with E-state index in [2.05, 4.69) is 36.8 Å². The van der Waals surface area contributed by atoms with Crippen LogP contribution < -0.4 is 15.6 Å². The molecule has 1 aliphatic heterocycles. The lowest BCUT2D eigenvalue weighted by Gasteiger charge is -2.28.